The number of nitrogens with zero attached hydrogens (tertiary/aromatic N) is 3. The first-order chi connectivity index (χ1) is 8.69. The van der Waals surface area contributed by atoms with Crippen molar-refractivity contribution in [3.63, 3.8) is 0 Å². The second-order valence-corrected chi connectivity index (χ2v) is 4.76. The SMILES string of the molecule is CC(C)Oc1ccnc(N2CCOC(CCl)C2)n1. The topological polar surface area (TPSA) is 47.5 Å². The molecule has 0 aromatic carbocycles. The van der Waals surface area contributed by atoms with Crippen LogP contribution < -0.4 is 9.64 Å². The van der Waals surface area contributed by atoms with E-state index < -0.39 is 0 Å². The van der Waals surface area contributed by atoms with E-state index in [0.29, 0.717) is 30.9 Å². The summed E-state index contributed by atoms with van der Waals surface area (Å²) in [5.74, 6) is 1.76. The molecule has 0 radical (unpaired) electrons. The van der Waals surface area contributed by atoms with Crippen LogP contribution in [0.5, 0.6) is 5.88 Å². The Labute approximate surface area is 112 Å². The summed E-state index contributed by atoms with van der Waals surface area (Å²) in [5, 5.41) is 0. The second-order valence-electron chi connectivity index (χ2n) is 4.45. The molecule has 1 atom stereocenters. The van der Waals surface area contributed by atoms with Crippen molar-refractivity contribution in [2.75, 3.05) is 30.5 Å². The second kappa shape index (κ2) is 6.20. The minimum Gasteiger partial charge on any atom is -0.475 e. The molecule has 0 amide bonds. The van der Waals surface area contributed by atoms with Gasteiger partial charge in [-0.2, -0.15) is 4.98 Å². The van der Waals surface area contributed by atoms with Crippen molar-refractivity contribution < 1.29 is 9.47 Å². The molecular formula is C12H18ClN3O2. The van der Waals surface area contributed by atoms with Gasteiger partial charge in [0.1, 0.15) is 0 Å². The molecule has 100 valence electrons. The van der Waals surface area contributed by atoms with Gasteiger partial charge in [-0.25, -0.2) is 4.98 Å². The number of anilines is 1. The highest BCUT2D eigenvalue weighted by molar-refractivity contribution is 6.18. The smallest absolute Gasteiger partial charge is 0.228 e. The summed E-state index contributed by atoms with van der Waals surface area (Å²) in [4.78, 5) is 10.7. The highest BCUT2D eigenvalue weighted by Gasteiger charge is 2.21. The van der Waals surface area contributed by atoms with Crippen LogP contribution in [0.4, 0.5) is 5.95 Å². The Morgan fingerprint density at radius 3 is 3.17 bits per heavy atom. The maximum atomic E-state index is 5.82. The van der Waals surface area contributed by atoms with Crippen molar-refractivity contribution in [3.8, 4) is 5.88 Å². The van der Waals surface area contributed by atoms with Gasteiger partial charge < -0.3 is 14.4 Å². The third-order valence-corrected chi connectivity index (χ3v) is 2.91. The summed E-state index contributed by atoms with van der Waals surface area (Å²) in [6.07, 6.45) is 1.86. The summed E-state index contributed by atoms with van der Waals surface area (Å²) >= 11 is 5.82. The first-order valence-corrected chi connectivity index (χ1v) is 6.64. The van der Waals surface area contributed by atoms with Crippen LogP contribution in [0.1, 0.15) is 13.8 Å². The maximum Gasteiger partial charge on any atom is 0.228 e. The molecule has 1 aliphatic rings. The Bertz CT molecular complexity index is 389. The van der Waals surface area contributed by atoms with E-state index in [1.165, 1.54) is 0 Å². The Kier molecular flexibility index (Phi) is 4.60. The number of aromatic nitrogens is 2. The zero-order chi connectivity index (χ0) is 13.0. The Hall–Kier alpha value is -1.07. The molecule has 2 heterocycles. The molecule has 6 heteroatoms. The molecule has 0 bridgehead atoms. The summed E-state index contributed by atoms with van der Waals surface area (Å²) in [7, 11) is 0. The summed E-state index contributed by atoms with van der Waals surface area (Å²) < 4.78 is 11.1. The molecule has 1 aromatic heterocycles. The number of alkyl halides is 1. The molecule has 0 saturated carbocycles. The molecular weight excluding hydrogens is 254 g/mol. The van der Waals surface area contributed by atoms with Gasteiger partial charge in [0, 0.05) is 25.4 Å². The normalized spacial score (nSPS) is 20.2. The van der Waals surface area contributed by atoms with Gasteiger partial charge in [0.05, 0.1) is 24.7 Å². The van der Waals surface area contributed by atoms with Gasteiger partial charge in [0.2, 0.25) is 11.8 Å². The number of halogens is 1. The lowest BCUT2D eigenvalue weighted by atomic mass is 10.3. The lowest BCUT2D eigenvalue weighted by molar-refractivity contribution is 0.0548. The quantitative estimate of drug-likeness (QED) is 0.780. The largest absolute Gasteiger partial charge is 0.475 e. The molecule has 2 rings (SSSR count). The minimum absolute atomic E-state index is 0.0405. The average Bonchev–Trinajstić information content (AvgIpc) is 2.38. The van der Waals surface area contributed by atoms with Crippen LogP contribution in [0.15, 0.2) is 12.3 Å². The lowest BCUT2D eigenvalue weighted by Gasteiger charge is -2.32. The van der Waals surface area contributed by atoms with Crippen molar-refractivity contribution in [2.24, 2.45) is 0 Å². The van der Waals surface area contributed by atoms with E-state index in [-0.39, 0.29) is 12.2 Å². The van der Waals surface area contributed by atoms with Crippen LogP contribution in [-0.4, -0.2) is 47.8 Å². The number of rotatable bonds is 4. The Morgan fingerprint density at radius 2 is 2.44 bits per heavy atom. The fourth-order valence-electron chi connectivity index (χ4n) is 1.79. The standard InChI is InChI=1S/C12H18ClN3O2/c1-9(2)18-11-3-4-14-12(15-11)16-5-6-17-10(7-13)8-16/h3-4,9-10H,5-8H2,1-2H3. The van der Waals surface area contributed by atoms with Gasteiger partial charge in [0.15, 0.2) is 0 Å². The minimum atomic E-state index is 0.0405. The summed E-state index contributed by atoms with van der Waals surface area (Å²) in [6, 6.07) is 1.77. The molecule has 0 N–H and O–H groups in total. The van der Waals surface area contributed by atoms with Crippen LogP contribution in [0.2, 0.25) is 0 Å². The predicted molar refractivity (Wildman–Crippen MR) is 70.5 cm³/mol. The van der Waals surface area contributed by atoms with Crippen molar-refractivity contribution in [3.05, 3.63) is 12.3 Å². The van der Waals surface area contributed by atoms with Crippen molar-refractivity contribution in [1.29, 1.82) is 0 Å². The molecule has 1 aromatic rings. The lowest BCUT2D eigenvalue weighted by Crippen LogP contribution is -2.44. The van der Waals surface area contributed by atoms with E-state index in [2.05, 4.69) is 14.9 Å². The highest BCUT2D eigenvalue weighted by atomic mass is 35.5. The van der Waals surface area contributed by atoms with Crippen molar-refractivity contribution >= 4 is 17.5 Å². The fraction of sp³-hybridized carbons (Fsp3) is 0.667. The monoisotopic (exact) mass is 271 g/mol. The van der Waals surface area contributed by atoms with Gasteiger partial charge in [-0.15, -0.1) is 11.6 Å². The average molecular weight is 272 g/mol. The fourth-order valence-corrected chi connectivity index (χ4v) is 1.97. The molecule has 0 aliphatic carbocycles. The van der Waals surface area contributed by atoms with Gasteiger partial charge >= 0.3 is 0 Å². The van der Waals surface area contributed by atoms with E-state index in [9.17, 15) is 0 Å². The highest BCUT2D eigenvalue weighted by Crippen LogP contribution is 2.17. The van der Waals surface area contributed by atoms with Crippen LogP contribution in [0, 0.1) is 0 Å². The van der Waals surface area contributed by atoms with E-state index in [0.717, 1.165) is 6.54 Å². The number of ether oxygens (including phenoxy) is 2. The first-order valence-electron chi connectivity index (χ1n) is 6.11. The van der Waals surface area contributed by atoms with Gasteiger partial charge in [0.25, 0.3) is 0 Å². The number of morpholine rings is 1. The number of hydrogen-bond donors (Lipinski definition) is 0. The Morgan fingerprint density at radius 1 is 1.61 bits per heavy atom. The molecule has 0 spiro atoms. The van der Waals surface area contributed by atoms with Crippen molar-refractivity contribution in [1.82, 2.24) is 9.97 Å². The van der Waals surface area contributed by atoms with E-state index in [4.69, 9.17) is 21.1 Å². The Balaban J connectivity index is 2.07. The van der Waals surface area contributed by atoms with Gasteiger partial charge in [-0.05, 0) is 13.8 Å². The summed E-state index contributed by atoms with van der Waals surface area (Å²) in [5.41, 5.74) is 0. The molecule has 18 heavy (non-hydrogen) atoms. The van der Waals surface area contributed by atoms with E-state index in [1.54, 1.807) is 12.3 Å². The van der Waals surface area contributed by atoms with Crippen molar-refractivity contribution in [2.45, 2.75) is 26.1 Å². The molecule has 1 aliphatic heterocycles. The third-order valence-electron chi connectivity index (χ3n) is 2.57. The van der Waals surface area contributed by atoms with E-state index in [1.807, 2.05) is 13.8 Å². The molecule has 1 fully saturated rings. The van der Waals surface area contributed by atoms with Gasteiger partial charge in [-0.1, -0.05) is 0 Å². The zero-order valence-electron chi connectivity index (χ0n) is 10.7. The van der Waals surface area contributed by atoms with Crippen LogP contribution in [0.3, 0.4) is 0 Å². The predicted octanol–water partition coefficient (Wildman–Crippen LogP) is 1.71. The third kappa shape index (κ3) is 3.46. The van der Waals surface area contributed by atoms with Crippen LogP contribution in [0.25, 0.3) is 0 Å². The zero-order valence-corrected chi connectivity index (χ0v) is 11.4. The number of hydrogen-bond acceptors (Lipinski definition) is 5. The summed E-state index contributed by atoms with van der Waals surface area (Å²) in [6.45, 7) is 6.09. The van der Waals surface area contributed by atoms with Crippen LogP contribution >= 0.6 is 11.6 Å². The van der Waals surface area contributed by atoms with Gasteiger partial charge in [-0.3, -0.25) is 0 Å². The van der Waals surface area contributed by atoms with E-state index >= 15 is 0 Å². The maximum absolute atomic E-state index is 5.82. The molecule has 5 nitrogen and oxygen atoms in total. The first kappa shape index (κ1) is 13.4. The van der Waals surface area contributed by atoms with Crippen LogP contribution in [-0.2, 0) is 4.74 Å². The molecule has 1 saturated heterocycles. The molecule has 1 unspecified atom stereocenters.